The summed E-state index contributed by atoms with van der Waals surface area (Å²) in [4.78, 5) is 10.7. The van der Waals surface area contributed by atoms with E-state index in [9.17, 15) is 4.79 Å². The van der Waals surface area contributed by atoms with Gasteiger partial charge in [0.2, 0.25) is 0 Å². The Hall–Kier alpha value is -1.05. The number of allylic oxidation sites excluding steroid dienone is 4. The van der Waals surface area contributed by atoms with Gasteiger partial charge in [-0.05, 0) is 25.8 Å². The first-order valence-electron chi connectivity index (χ1n) is 5.10. The quantitative estimate of drug-likeness (QED) is 0.291. The number of carbonyl (C=O) groups is 1. The van der Waals surface area contributed by atoms with Crippen molar-refractivity contribution in [3.05, 3.63) is 23.5 Å². The van der Waals surface area contributed by atoms with Crippen LogP contribution in [0.15, 0.2) is 23.5 Å². The lowest BCUT2D eigenvalue weighted by Crippen LogP contribution is -1.97. The first-order valence-corrected chi connectivity index (χ1v) is 5.10. The van der Waals surface area contributed by atoms with Gasteiger partial charge in [-0.3, -0.25) is 4.79 Å². The van der Waals surface area contributed by atoms with Crippen LogP contribution >= 0.6 is 0 Å². The Balaban J connectivity index is 4.08. The highest BCUT2D eigenvalue weighted by atomic mass is 16.5. The molecule has 0 N–H and O–H groups in total. The van der Waals surface area contributed by atoms with E-state index in [1.54, 1.807) is 6.92 Å². The molecule has 0 saturated heterocycles. The molecule has 0 aliphatic rings. The number of rotatable bonds is 5. The molecular weight excluding hydrogens is 176 g/mol. The maximum absolute atomic E-state index is 10.7. The zero-order valence-electron chi connectivity index (χ0n) is 9.59. The van der Waals surface area contributed by atoms with E-state index in [-0.39, 0.29) is 5.97 Å². The lowest BCUT2D eigenvalue weighted by molar-refractivity contribution is -0.136. The predicted octanol–water partition coefficient (Wildman–Crippen LogP) is 3.59. The third-order valence-electron chi connectivity index (χ3n) is 1.94. The monoisotopic (exact) mass is 196 g/mol. The summed E-state index contributed by atoms with van der Waals surface area (Å²) in [6.45, 7) is 7.33. The van der Waals surface area contributed by atoms with Crippen LogP contribution in [0.5, 0.6) is 0 Å². The second-order valence-corrected chi connectivity index (χ2v) is 3.38. The fraction of sp³-hybridized carbons (Fsp3) is 0.583. The molecule has 0 heterocycles. The fourth-order valence-electron chi connectivity index (χ4n) is 0.996. The first kappa shape index (κ1) is 12.9. The zero-order valence-corrected chi connectivity index (χ0v) is 9.59. The molecule has 0 aliphatic carbocycles. The Bertz CT molecular complexity index is 237. The van der Waals surface area contributed by atoms with E-state index in [1.165, 1.54) is 19.8 Å². The topological polar surface area (TPSA) is 26.3 Å². The standard InChI is InChI=1S/C12H20O2/c1-5-6-7-8-9-10(2)11(3)14-12(4)13/h8-9H,5-7H2,1-4H3. The molecule has 80 valence electrons. The minimum Gasteiger partial charge on any atom is -0.431 e. The number of ether oxygens (including phenoxy) is 1. The van der Waals surface area contributed by atoms with E-state index in [0.717, 1.165) is 12.0 Å². The first-order chi connectivity index (χ1) is 6.57. The van der Waals surface area contributed by atoms with Crippen molar-refractivity contribution in [2.45, 2.75) is 47.0 Å². The van der Waals surface area contributed by atoms with Crippen molar-refractivity contribution in [1.82, 2.24) is 0 Å². The Kier molecular flexibility index (Phi) is 6.81. The van der Waals surface area contributed by atoms with Crippen molar-refractivity contribution >= 4 is 5.97 Å². The highest BCUT2D eigenvalue weighted by Crippen LogP contribution is 2.08. The molecule has 0 aromatic carbocycles. The summed E-state index contributed by atoms with van der Waals surface area (Å²) in [5.41, 5.74) is 1.01. The predicted molar refractivity (Wildman–Crippen MR) is 58.8 cm³/mol. The van der Waals surface area contributed by atoms with E-state index >= 15 is 0 Å². The SMILES string of the molecule is CCCCC=CC(C)=C(C)OC(C)=O. The summed E-state index contributed by atoms with van der Waals surface area (Å²) in [6, 6.07) is 0. The minimum atomic E-state index is -0.260. The van der Waals surface area contributed by atoms with Crippen LogP contribution in [0.4, 0.5) is 0 Å². The molecule has 0 aromatic rings. The Morgan fingerprint density at radius 1 is 1.29 bits per heavy atom. The lowest BCUT2D eigenvalue weighted by Gasteiger charge is -2.02. The highest BCUT2D eigenvalue weighted by Gasteiger charge is 1.97. The molecule has 0 bridgehead atoms. The average molecular weight is 196 g/mol. The molecule has 0 radical (unpaired) electrons. The number of esters is 1. The number of hydrogen-bond donors (Lipinski definition) is 0. The number of hydrogen-bond acceptors (Lipinski definition) is 2. The fourth-order valence-corrected chi connectivity index (χ4v) is 0.996. The van der Waals surface area contributed by atoms with Crippen LogP contribution in [0.3, 0.4) is 0 Å². The van der Waals surface area contributed by atoms with E-state index in [2.05, 4.69) is 13.0 Å². The van der Waals surface area contributed by atoms with Crippen LogP contribution in [0, 0.1) is 0 Å². The molecule has 0 fully saturated rings. The summed E-state index contributed by atoms with van der Waals surface area (Å²) in [7, 11) is 0. The second-order valence-electron chi connectivity index (χ2n) is 3.38. The third-order valence-corrected chi connectivity index (χ3v) is 1.94. The van der Waals surface area contributed by atoms with Gasteiger partial charge < -0.3 is 4.74 Å². The van der Waals surface area contributed by atoms with Crippen molar-refractivity contribution in [2.75, 3.05) is 0 Å². The Morgan fingerprint density at radius 3 is 2.43 bits per heavy atom. The van der Waals surface area contributed by atoms with Gasteiger partial charge >= 0.3 is 5.97 Å². The van der Waals surface area contributed by atoms with Crippen LogP contribution in [-0.2, 0) is 9.53 Å². The summed E-state index contributed by atoms with van der Waals surface area (Å²) >= 11 is 0. The molecule has 0 aromatic heterocycles. The normalized spacial score (nSPS) is 12.9. The highest BCUT2D eigenvalue weighted by molar-refractivity contribution is 5.67. The van der Waals surface area contributed by atoms with Gasteiger partial charge in [0.15, 0.2) is 0 Å². The maximum atomic E-state index is 10.7. The molecule has 14 heavy (non-hydrogen) atoms. The van der Waals surface area contributed by atoms with Gasteiger partial charge in [0, 0.05) is 6.92 Å². The summed E-state index contributed by atoms with van der Waals surface area (Å²) < 4.78 is 4.96. The van der Waals surface area contributed by atoms with Crippen molar-refractivity contribution in [2.24, 2.45) is 0 Å². The molecule has 2 heteroatoms. The van der Waals surface area contributed by atoms with Gasteiger partial charge in [-0.1, -0.05) is 31.9 Å². The van der Waals surface area contributed by atoms with Crippen molar-refractivity contribution < 1.29 is 9.53 Å². The summed E-state index contributed by atoms with van der Waals surface area (Å²) in [5.74, 6) is 0.425. The number of carbonyl (C=O) groups excluding carboxylic acids is 1. The Morgan fingerprint density at radius 2 is 1.93 bits per heavy atom. The van der Waals surface area contributed by atoms with Gasteiger partial charge in [-0.25, -0.2) is 0 Å². The molecule has 0 spiro atoms. The van der Waals surface area contributed by atoms with Gasteiger partial charge in [0.1, 0.15) is 5.76 Å². The maximum Gasteiger partial charge on any atom is 0.307 e. The van der Waals surface area contributed by atoms with Crippen molar-refractivity contribution in [3.63, 3.8) is 0 Å². The van der Waals surface area contributed by atoms with Crippen LogP contribution in [0.25, 0.3) is 0 Å². The third kappa shape index (κ3) is 6.46. The molecule has 0 rings (SSSR count). The van der Waals surface area contributed by atoms with E-state index in [4.69, 9.17) is 4.74 Å². The lowest BCUT2D eigenvalue weighted by atomic mass is 10.2. The molecule has 2 nitrogen and oxygen atoms in total. The van der Waals surface area contributed by atoms with Gasteiger partial charge in [0.05, 0.1) is 0 Å². The number of unbranched alkanes of at least 4 members (excludes halogenated alkanes) is 2. The summed E-state index contributed by atoms with van der Waals surface area (Å²) in [5, 5.41) is 0. The van der Waals surface area contributed by atoms with E-state index < -0.39 is 0 Å². The second kappa shape index (κ2) is 7.36. The zero-order chi connectivity index (χ0) is 11.0. The molecular formula is C12H20O2. The van der Waals surface area contributed by atoms with E-state index in [0.29, 0.717) is 5.76 Å². The van der Waals surface area contributed by atoms with E-state index in [1.807, 2.05) is 13.0 Å². The molecule has 0 unspecified atom stereocenters. The van der Waals surface area contributed by atoms with Gasteiger partial charge in [-0.2, -0.15) is 0 Å². The Labute approximate surface area is 86.6 Å². The molecule has 0 amide bonds. The van der Waals surface area contributed by atoms with Crippen molar-refractivity contribution in [1.29, 1.82) is 0 Å². The molecule has 0 atom stereocenters. The van der Waals surface area contributed by atoms with Crippen LogP contribution in [0.1, 0.15) is 47.0 Å². The largest absolute Gasteiger partial charge is 0.431 e. The molecule has 0 saturated carbocycles. The smallest absolute Gasteiger partial charge is 0.307 e. The summed E-state index contributed by atoms with van der Waals surface area (Å²) in [6.07, 6.45) is 7.62. The average Bonchev–Trinajstić information content (AvgIpc) is 2.11. The van der Waals surface area contributed by atoms with Crippen LogP contribution in [-0.4, -0.2) is 5.97 Å². The van der Waals surface area contributed by atoms with Crippen LogP contribution in [0.2, 0.25) is 0 Å². The molecule has 0 aliphatic heterocycles. The van der Waals surface area contributed by atoms with Crippen LogP contribution < -0.4 is 0 Å². The minimum absolute atomic E-state index is 0.260. The van der Waals surface area contributed by atoms with Gasteiger partial charge in [0.25, 0.3) is 0 Å². The van der Waals surface area contributed by atoms with Gasteiger partial charge in [-0.15, -0.1) is 0 Å². The van der Waals surface area contributed by atoms with Crippen molar-refractivity contribution in [3.8, 4) is 0 Å².